The Labute approximate surface area is 137 Å². The fourth-order valence-electron chi connectivity index (χ4n) is 2.63. The van der Waals surface area contributed by atoms with Gasteiger partial charge in [-0.05, 0) is 29.8 Å². The van der Waals surface area contributed by atoms with Crippen LogP contribution in [-0.4, -0.2) is 19.8 Å². The molecule has 24 heavy (non-hydrogen) atoms. The van der Waals surface area contributed by atoms with Crippen molar-refractivity contribution in [3.8, 4) is 17.2 Å². The minimum Gasteiger partial charge on any atom is -0.493 e. The first-order valence-corrected chi connectivity index (χ1v) is 7.48. The fourth-order valence-corrected chi connectivity index (χ4v) is 2.63. The Balaban J connectivity index is 1.50. The summed E-state index contributed by atoms with van der Waals surface area (Å²) >= 11 is 0. The van der Waals surface area contributed by atoms with Crippen molar-refractivity contribution in [2.75, 3.05) is 13.9 Å². The number of amides is 1. The number of hydrogen-bond donors (Lipinski definition) is 1. The van der Waals surface area contributed by atoms with Crippen molar-refractivity contribution in [1.82, 2.24) is 5.32 Å². The first-order chi connectivity index (χ1) is 11.7. The van der Waals surface area contributed by atoms with Crippen molar-refractivity contribution in [2.45, 2.75) is 6.54 Å². The second kappa shape index (κ2) is 5.81. The zero-order valence-electron chi connectivity index (χ0n) is 13.0. The first kappa shape index (κ1) is 14.4. The van der Waals surface area contributed by atoms with E-state index in [1.807, 2.05) is 30.3 Å². The van der Waals surface area contributed by atoms with E-state index in [9.17, 15) is 4.79 Å². The molecule has 6 heteroatoms. The molecular formula is C18H15NO5. The van der Waals surface area contributed by atoms with Gasteiger partial charge in [0.15, 0.2) is 28.6 Å². The van der Waals surface area contributed by atoms with Gasteiger partial charge >= 0.3 is 0 Å². The lowest BCUT2D eigenvalue weighted by Crippen LogP contribution is -2.22. The summed E-state index contributed by atoms with van der Waals surface area (Å²) in [6, 6.07) is 12.8. The third kappa shape index (κ3) is 2.52. The van der Waals surface area contributed by atoms with Gasteiger partial charge in [0, 0.05) is 11.9 Å². The average Bonchev–Trinajstić information content (AvgIpc) is 3.25. The maximum atomic E-state index is 12.3. The normalized spacial score (nSPS) is 12.4. The molecule has 0 spiro atoms. The first-order valence-electron chi connectivity index (χ1n) is 7.48. The number of methoxy groups -OCH3 is 1. The number of hydrogen-bond acceptors (Lipinski definition) is 5. The van der Waals surface area contributed by atoms with E-state index in [1.54, 1.807) is 19.2 Å². The van der Waals surface area contributed by atoms with Crippen LogP contribution in [0.2, 0.25) is 0 Å². The highest BCUT2D eigenvalue weighted by Crippen LogP contribution is 2.32. The second-order valence-electron chi connectivity index (χ2n) is 5.36. The van der Waals surface area contributed by atoms with Crippen LogP contribution in [0, 0.1) is 0 Å². The van der Waals surface area contributed by atoms with Crippen LogP contribution in [-0.2, 0) is 6.54 Å². The second-order valence-corrected chi connectivity index (χ2v) is 5.36. The molecule has 0 aliphatic carbocycles. The Morgan fingerprint density at radius 2 is 2.04 bits per heavy atom. The molecule has 2 heterocycles. The van der Waals surface area contributed by atoms with Crippen LogP contribution in [0.15, 0.2) is 46.9 Å². The van der Waals surface area contributed by atoms with Gasteiger partial charge in [0.05, 0.1) is 7.11 Å². The number of para-hydroxylation sites is 1. The van der Waals surface area contributed by atoms with Gasteiger partial charge in [-0.15, -0.1) is 0 Å². The molecule has 2 aromatic carbocycles. The molecule has 0 bridgehead atoms. The van der Waals surface area contributed by atoms with Crippen LogP contribution in [0.1, 0.15) is 16.1 Å². The molecule has 1 amide bonds. The molecule has 1 aromatic heterocycles. The summed E-state index contributed by atoms with van der Waals surface area (Å²) in [6.07, 6.45) is 0. The van der Waals surface area contributed by atoms with E-state index in [-0.39, 0.29) is 18.5 Å². The largest absolute Gasteiger partial charge is 0.493 e. The number of carbonyl (C=O) groups excluding carboxylic acids is 1. The number of carbonyl (C=O) groups is 1. The number of ether oxygens (including phenoxy) is 3. The van der Waals surface area contributed by atoms with Crippen LogP contribution in [0.25, 0.3) is 11.0 Å². The molecule has 3 aromatic rings. The lowest BCUT2D eigenvalue weighted by molar-refractivity contribution is 0.0925. The number of nitrogens with one attached hydrogen (secondary N) is 1. The van der Waals surface area contributed by atoms with Gasteiger partial charge in [-0.25, -0.2) is 0 Å². The Bertz CT molecular complexity index is 915. The van der Waals surface area contributed by atoms with E-state index in [1.165, 1.54) is 0 Å². The minimum absolute atomic E-state index is 0.228. The van der Waals surface area contributed by atoms with Gasteiger partial charge in [-0.3, -0.25) is 4.79 Å². The molecule has 0 radical (unpaired) electrons. The highest BCUT2D eigenvalue weighted by molar-refractivity contribution is 5.97. The van der Waals surface area contributed by atoms with E-state index in [4.69, 9.17) is 18.6 Å². The third-order valence-electron chi connectivity index (χ3n) is 3.84. The Morgan fingerprint density at radius 3 is 2.92 bits per heavy atom. The molecule has 1 N–H and O–H groups in total. The molecular weight excluding hydrogens is 310 g/mol. The molecule has 122 valence electrons. The van der Waals surface area contributed by atoms with E-state index >= 15 is 0 Å². The van der Waals surface area contributed by atoms with Crippen LogP contribution in [0.4, 0.5) is 0 Å². The van der Waals surface area contributed by atoms with Gasteiger partial charge in [-0.1, -0.05) is 18.2 Å². The molecule has 4 rings (SSSR count). The van der Waals surface area contributed by atoms with Crippen molar-refractivity contribution in [3.63, 3.8) is 0 Å². The number of furan rings is 1. The monoisotopic (exact) mass is 325 g/mol. The number of benzene rings is 2. The van der Waals surface area contributed by atoms with Crippen molar-refractivity contribution in [2.24, 2.45) is 0 Å². The van der Waals surface area contributed by atoms with Crippen LogP contribution in [0.3, 0.4) is 0 Å². The SMILES string of the molecule is COc1cccc2cc(C(=O)NCc3ccc4c(c3)OCO4)oc12. The smallest absolute Gasteiger partial charge is 0.287 e. The average molecular weight is 325 g/mol. The van der Waals surface area contributed by atoms with Crippen molar-refractivity contribution < 1.29 is 23.4 Å². The molecule has 0 unspecified atom stereocenters. The summed E-state index contributed by atoms with van der Waals surface area (Å²) < 4.78 is 21.5. The molecule has 6 nitrogen and oxygen atoms in total. The summed E-state index contributed by atoms with van der Waals surface area (Å²) in [5, 5.41) is 3.66. The standard InChI is InChI=1S/C18H15NO5/c1-21-14-4-2-3-12-8-16(24-17(12)14)18(20)19-9-11-5-6-13-15(7-11)23-10-22-13/h2-8H,9-10H2,1H3,(H,19,20). The van der Waals surface area contributed by atoms with E-state index < -0.39 is 0 Å². The molecule has 0 atom stereocenters. The topological polar surface area (TPSA) is 69.9 Å². The van der Waals surface area contributed by atoms with Gasteiger partial charge in [0.1, 0.15) is 0 Å². The zero-order chi connectivity index (χ0) is 16.5. The Morgan fingerprint density at radius 1 is 1.17 bits per heavy atom. The molecule has 1 aliphatic rings. The van der Waals surface area contributed by atoms with Crippen LogP contribution in [0.5, 0.6) is 17.2 Å². The molecule has 0 fully saturated rings. The number of fused-ring (bicyclic) bond motifs is 2. The number of rotatable bonds is 4. The highest BCUT2D eigenvalue weighted by atomic mass is 16.7. The quantitative estimate of drug-likeness (QED) is 0.798. The Kier molecular flexibility index (Phi) is 3.49. The fraction of sp³-hybridized carbons (Fsp3) is 0.167. The van der Waals surface area contributed by atoms with Crippen molar-refractivity contribution >= 4 is 16.9 Å². The van der Waals surface area contributed by atoms with Crippen LogP contribution >= 0.6 is 0 Å². The highest BCUT2D eigenvalue weighted by Gasteiger charge is 2.16. The minimum atomic E-state index is -0.286. The molecule has 0 saturated carbocycles. The van der Waals surface area contributed by atoms with E-state index in [2.05, 4.69) is 5.32 Å². The predicted octanol–water partition coefficient (Wildman–Crippen LogP) is 3.10. The molecule has 0 saturated heterocycles. The summed E-state index contributed by atoms with van der Waals surface area (Å²) in [5.74, 6) is 1.97. The van der Waals surface area contributed by atoms with Crippen molar-refractivity contribution in [1.29, 1.82) is 0 Å². The molecule has 1 aliphatic heterocycles. The van der Waals surface area contributed by atoms with Crippen LogP contribution < -0.4 is 19.5 Å². The van der Waals surface area contributed by atoms with E-state index in [0.29, 0.717) is 23.6 Å². The lowest BCUT2D eigenvalue weighted by atomic mass is 10.2. The van der Waals surface area contributed by atoms with Gasteiger partial charge in [0.2, 0.25) is 6.79 Å². The zero-order valence-corrected chi connectivity index (χ0v) is 13.0. The maximum absolute atomic E-state index is 12.3. The lowest BCUT2D eigenvalue weighted by Gasteiger charge is -2.04. The predicted molar refractivity (Wildman–Crippen MR) is 86.5 cm³/mol. The summed E-state index contributed by atoms with van der Waals surface area (Å²) in [5.41, 5.74) is 1.48. The summed E-state index contributed by atoms with van der Waals surface area (Å²) in [4.78, 5) is 12.3. The van der Waals surface area contributed by atoms with Crippen molar-refractivity contribution in [3.05, 3.63) is 53.8 Å². The van der Waals surface area contributed by atoms with Gasteiger partial charge < -0.3 is 23.9 Å². The summed E-state index contributed by atoms with van der Waals surface area (Å²) in [6.45, 7) is 0.593. The van der Waals surface area contributed by atoms with Gasteiger partial charge in [-0.2, -0.15) is 0 Å². The summed E-state index contributed by atoms with van der Waals surface area (Å²) in [7, 11) is 1.57. The maximum Gasteiger partial charge on any atom is 0.287 e. The van der Waals surface area contributed by atoms with E-state index in [0.717, 1.165) is 16.7 Å². The third-order valence-corrected chi connectivity index (χ3v) is 3.84. The van der Waals surface area contributed by atoms with Gasteiger partial charge in [0.25, 0.3) is 5.91 Å². The Hall–Kier alpha value is -3.15.